The van der Waals surface area contributed by atoms with Crippen molar-refractivity contribution in [1.29, 1.82) is 0 Å². The molecule has 1 saturated carbocycles. The lowest BCUT2D eigenvalue weighted by molar-refractivity contribution is 0.501. The van der Waals surface area contributed by atoms with E-state index in [4.69, 9.17) is 4.98 Å². The van der Waals surface area contributed by atoms with Crippen molar-refractivity contribution in [1.82, 2.24) is 10.3 Å². The summed E-state index contributed by atoms with van der Waals surface area (Å²) < 4.78 is 0. The molecule has 0 aliphatic heterocycles. The normalized spacial score (nSPS) is 30.2. The zero-order valence-corrected chi connectivity index (χ0v) is 12.4. The third-order valence-electron chi connectivity index (χ3n) is 4.33. The molecule has 1 heterocycles. The van der Waals surface area contributed by atoms with Gasteiger partial charge in [0, 0.05) is 23.3 Å². The standard InChI is InChI=1S/C15H24N2S/c1-3-7-16-9-11-5-4-6-13-14(11)17-15(18-13)12-8-10(12)2/h10-12,16H,3-9H2,1-2H3. The molecule has 2 aliphatic rings. The second-order valence-corrected chi connectivity index (χ2v) is 7.09. The average molecular weight is 264 g/mol. The average Bonchev–Trinajstić information content (AvgIpc) is 2.94. The van der Waals surface area contributed by atoms with Crippen LogP contribution in [0.1, 0.15) is 66.9 Å². The Morgan fingerprint density at radius 1 is 1.44 bits per heavy atom. The second-order valence-electron chi connectivity index (χ2n) is 5.97. The molecule has 0 radical (unpaired) electrons. The van der Waals surface area contributed by atoms with Crippen LogP contribution in [-0.2, 0) is 6.42 Å². The van der Waals surface area contributed by atoms with Crippen LogP contribution in [0.25, 0.3) is 0 Å². The van der Waals surface area contributed by atoms with Gasteiger partial charge in [-0.3, -0.25) is 0 Å². The van der Waals surface area contributed by atoms with Gasteiger partial charge in [-0.1, -0.05) is 13.8 Å². The quantitative estimate of drug-likeness (QED) is 0.821. The maximum atomic E-state index is 5.00. The van der Waals surface area contributed by atoms with Crippen molar-refractivity contribution in [2.75, 3.05) is 13.1 Å². The molecule has 100 valence electrons. The summed E-state index contributed by atoms with van der Waals surface area (Å²) in [6.07, 6.45) is 6.55. The molecule has 0 spiro atoms. The van der Waals surface area contributed by atoms with Gasteiger partial charge in [-0.05, 0) is 44.6 Å². The van der Waals surface area contributed by atoms with Crippen LogP contribution in [0.15, 0.2) is 0 Å². The first kappa shape index (κ1) is 12.6. The van der Waals surface area contributed by atoms with Crippen molar-refractivity contribution in [2.24, 2.45) is 5.92 Å². The predicted molar refractivity (Wildman–Crippen MR) is 77.5 cm³/mol. The summed E-state index contributed by atoms with van der Waals surface area (Å²) in [5.74, 6) is 2.36. The molecular weight excluding hydrogens is 240 g/mol. The van der Waals surface area contributed by atoms with Gasteiger partial charge in [0.15, 0.2) is 0 Å². The maximum Gasteiger partial charge on any atom is 0.0964 e. The summed E-state index contributed by atoms with van der Waals surface area (Å²) in [6.45, 7) is 6.85. The highest BCUT2D eigenvalue weighted by Gasteiger charge is 2.38. The van der Waals surface area contributed by atoms with E-state index < -0.39 is 0 Å². The number of aryl methyl sites for hydroxylation is 1. The van der Waals surface area contributed by atoms with E-state index in [1.165, 1.54) is 42.8 Å². The summed E-state index contributed by atoms with van der Waals surface area (Å²) in [7, 11) is 0. The first-order valence-electron chi connectivity index (χ1n) is 7.49. The van der Waals surface area contributed by atoms with Crippen LogP contribution in [0.2, 0.25) is 0 Å². The van der Waals surface area contributed by atoms with E-state index >= 15 is 0 Å². The summed E-state index contributed by atoms with van der Waals surface area (Å²) in [6, 6.07) is 0. The number of nitrogens with one attached hydrogen (secondary N) is 1. The molecule has 0 aromatic carbocycles. The molecule has 1 aromatic rings. The number of aromatic nitrogens is 1. The van der Waals surface area contributed by atoms with E-state index in [9.17, 15) is 0 Å². The van der Waals surface area contributed by atoms with E-state index in [0.717, 1.165) is 24.9 Å². The Kier molecular flexibility index (Phi) is 3.71. The molecule has 3 heteroatoms. The van der Waals surface area contributed by atoms with Crippen molar-refractivity contribution in [3.63, 3.8) is 0 Å². The molecular formula is C15H24N2S. The van der Waals surface area contributed by atoms with E-state index in [1.807, 2.05) is 11.3 Å². The largest absolute Gasteiger partial charge is 0.316 e. The predicted octanol–water partition coefficient (Wildman–Crippen LogP) is 3.69. The number of thiazole rings is 1. The Bertz CT molecular complexity index is 413. The second kappa shape index (κ2) is 5.30. The highest BCUT2D eigenvalue weighted by Crippen LogP contribution is 2.50. The third kappa shape index (κ3) is 2.48. The first-order valence-corrected chi connectivity index (χ1v) is 8.31. The SMILES string of the molecule is CCCNCC1CCCc2sc(C3CC3C)nc21. The zero-order chi connectivity index (χ0) is 12.5. The smallest absolute Gasteiger partial charge is 0.0964 e. The van der Waals surface area contributed by atoms with Crippen molar-refractivity contribution in [3.8, 4) is 0 Å². The summed E-state index contributed by atoms with van der Waals surface area (Å²) >= 11 is 2.01. The Balaban J connectivity index is 1.71. The fourth-order valence-corrected chi connectivity index (χ4v) is 4.44. The van der Waals surface area contributed by atoms with Gasteiger partial charge >= 0.3 is 0 Å². The van der Waals surface area contributed by atoms with E-state index in [-0.39, 0.29) is 0 Å². The Morgan fingerprint density at radius 2 is 2.28 bits per heavy atom. The lowest BCUT2D eigenvalue weighted by atomic mass is 9.91. The van der Waals surface area contributed by atoms with Gasteiger partial charge in [0.25, 0.3) is 0 Å². The van der Waals surface area contributed by atoms with Gasteiger partial charge in [-0.25, -0.2) is 4.98 Å². The van der Waals surface area contributed by atoms with Crippen LogP contribution in [-0.4, -0.2) is 18.1 Å². The number of fused-ring (bicyclic) bond motifs is 1. The zero-order valence-electron chi connectivity index (χ0n) is 11.5. The molecule has 3 unspecified atom stereocenters. The van der Waals surface area contributed by atoms with Crippen LogP contribution in [0.4, 0.5) is 0 Å². The highest BCUT2D eigenvalue weighted by atomic mass is 32.1. The van der Waals surface area contributed by atoms with Crippen molar-refractivity contribution in [2.45, 2.75) is 57.8 Å². The summed E-state index contributed by atoms with van der Waals surface area (Å²) in [4.78, 5) is 6.60. The fraction of sp³-hybridized carbons (Fsp3) is 0.800. The monoisotopic (exact) mass is 264 g/mol. The molecule has 0 saturated heterocycles. The van der Waals surface area contributed by atoms with Crippen LogP contribution >= 0.6 is 11.3 Å². The van der Waals surface area contributed by atoms with Gasteiger partial charge in [0.2, 0.25) is 0 Å². The van der Waals surface area contributed by atoms with Crippen LogP contribution in [0, 0.1) is 5.92 Å². The maximum absolute atomic E-state index is 5.00. The summed E-state index contributed by atoms with van der Waals surface area (Å²) in [5.41, 5.74) is 1.45. The molecule has 3 atom stereocenters. The van der Waals surface area contributed by atoms with Gasteiger partial charge in [0.1, 0.15) is 0 Å². The molecule has 0 amide bonds. The van der Waals surface area contributed by atoms with Gasteiger partial charge in [-0.15, -0.1) is 11.3 Å². The molecule has 1 N–H and O–H groups in total. The minimum absolute atomic E-state index is 0.680. The minimum Gasteiger partial charge on any atom is -0.316 e. The lowest BCUT2D eigenvalue weighted by Crippen LogP contribution is -2.24. The number of hydrogen-bond donors (Lipinski definition) is 1. The summed E-state index contributed by atoms with van der Waals surface area (Å²) in [5, 5.41) is 5.01. The van der Waals surface area contributed by atoms with E-state index in [0.29, 0.717) is 5.92 Å². The lowest BCUT2D eigenvalue weighted by Gasteiger charge is -2.21. The van der Waals surface area contributed by atoms with Crippen LogP contribution in [0.5, 0.6) is 0 Å². The Hall–Kier alpha value is -0.410. The molecule has 0 bridgehead atoms. The van der Waals surface area contributed by atoms with Crippen LogP contribution < -0.4 is 5.32 Å². The first-order chi connectivity index (χ1) is 8.79. The van der Waals surface area contributed by atoms with Gasteiger partial charge < -0.3 is 5.32 Å². The van der Waals surface area contributed by atoms with E-state index in [2.05, 4.69) is 19.2 Å². The molecule has 2 aliphatic carbocycles. The topological polar surface area (TPSA) is 24.9 Å². The molecule has 18 heavy (non-hydrogen) atoms. The van der Waals surface area contributed by atoms with Crippen LogP contribution in [0.3, 0.4) is 0 Å². The van der Waals surface area contributed by atoms with E-state index in [1.54, 1.807) is 4.88 Å². The third-order valence-corrected chi connectivity index (χ3v) is 5.59. The van der Waals surface area contributed by atoms with Gasteiger partial charge in [-0.2, -0.15) is 0 Å². The fourth-order valence-electron chi connectivity index (χ4n) is 3.00. The number of rotatable bonds is 5. The molecule has 1 aromatic heterocycles. The Labute approximate surface area is 114 Å². The number of nitrogens with zero attached hydrogens (tertiary/aromatic N) is 1. The van der Waals surface area contributed by atoms with Crippen molar-refractivity contribution >= 4 is 11.3 Å². The number of hydrogen-bond acceptors (Lipinski definition) is 3. The van der Waals surface area contributed by atoms with Crippen molar-refractivity contribution in [3.05, 3.63) is 15.6 Å². The van der Waals surface area contributed by atoms with Crippen molar-refractivity contribution < 1.29 is 0 Å². The molecule has 2 nitrogen and oxygen atoms in total. The minimum atomic E-state index is 0.680. The Morgan fingerprint density at radius 3 is 3.00 bits per heavy atom. The molecule has 1 fully saturated rings. The molecule has 3 rings (SSSR count). The highest BCUT2D eigenvalue weighted by molar-refractivity contribution is 7.11. The van der Waals surface area contributed by atoms with Gasteiger partial charge in [0.05, 0.1) is 10.7 Å².